The Morgan fingerprint density at radius 2 is 2.45 bits per heavy atom. The van der Waals surface area contributed by atoms with E-state index in [0.29, 0.717) is 5.92 Å². The smallest absolute Gasteiger partial charge is 0.0294 e. The molecular weight excluding hydrogens is 204 g/mol. The highest BCUT2D eigenvalue weighted by Gasteiger charge is 2.20. The van der Waals surface area contributed by atoms with Gasteiger partial charge in [-0.1, -0.05) is 22.5 Å². The number of likely N-dealkylation sites (tertiary alicyclic amines) is 1. The molecule has 1 unspecified atom stereocenters. The van der Waals surface area contributed by atoms with E-state index < -0.39 is 0 Å². The Bertz CT molecular complexity index is 147. The fraction of sp³-hybridized carbons (Fsp3) is 0.750. The zero-order chi connectivity index (χ0) is 8.27. The van der Waals surface area contributed by atoms with E-state index in [0.717, 1.165) is 24.1 Å². The average Bonchev–Trinajstić information content (AvgIpc) is 2.34. The van der Waals surface area contributed by atoms with Gasteiger partial charge >= 0.3 is 0 Å². The van der Waals surface area contributed by atoms with Crippen LogP contribution in [0.1, 0.15) is 6.42 Å². The molecule has 0 aromatic rings. The van der Waals surface area contributed by atoms with Crippen molar-refractivity contribution in [1.29, 1.82) is 0 Å². The van der Waals surface area contributed by atoms with Crippen molar-refractivity contribution in [2.24, 2.45) is 11.7 Å². The number of nitrogens with two attached hydrogens (primary N) is 1. The van der Waals surface area contributed by atoms with Crippen LogP contribution in [0.15, 0.2) is 11.1 Å². The molecule has 1 heterocycles. The average molecular weight is 219 g/mol. The quantitative estimate of drug-likeness (QED) is 0.772. The summed E-state index contributed by atoms with van der Waals surface area (Å²) in [5.74, 6) is 0.710. The lowest BCUT2D eigenvalue weighted by molar-refractivity contribution is 0.359. The fourth-order valence-electron chi connectivity index (χ4n) is 1.49. The highest BCUT2D eigenvalue weighted by atomic mass is 79.9. The standard InChI is InChI=1S/C8H15BrN2/c1-7(9)5-11-3-2-8(4-10)6-11/h8H,1-6,10H2. The summed E-state index contributed by atoms with van der Waals surface area (Å²) >= 11 is 3.36. The van der Waals surface area contributed by atoms with Crippen molar-refractivity contribution in [1.82, 2.24) is 4.90 Å². The van der Waals surface area contributed by atoms with Crippen molar-refractivity contribution in [3.05, 3.63) is 11.1 Å². The van der Waals surface area contributed by atoms with Gasteiger partial charge in [0.25, 0.3) is 0 Å². The van der Waals surface area contributed by atoms with E-state index in [1.165, 1.54) is 13.0 Å². The van der Waals surface area contributed by atoms with Crippen LogP contribution in [0, 0.1) is 5.92 Å². The molecule has 3 heteroatoms. The lowest BCUT2D eigenvalue weighted by Gasteiger charge is -2.13. The Labute approximate surface area is 76.6 Å². The minimum atomic E-state index is 0.710. The Morgan fingerprint density at radius 3 is 2.91 bits per heavy atom. The summed E-state index contributed by atoms with van der Waals surface area (Å²) in [4.78, 5) is 2.38. The van der Waals surface area contributed by atoms with Crippen LogP contribution in [-0.4, -0.2) is 31.1 Å². The lowest BCUT2D eigenvalue weighted by atomic mass is 10.1. The van der Waals surface area contributed by atoms with Crippen LogP contribution in [0.25, 0.3) is 0 Å². The van der Waals surface area contributed by atoms with E-state index in [2.05, 4.69) is 27.4 Å². The number of hydrogen-bond donors (Lipinski definition) is 1. The van der Waals surface area contributed by atoms with Gasteiger partial charge in [0, 0.05) is 17.6 Å². The van der Waals surface area contributed by atoms with E-state index in [1.807, 2.05) is 0 Å². The van der Waals surface area contributed by atoms with E-state index >= 15 is 0 Å². The summed E-state index contributed by atoms with van der Waals surface area (Å²) < 4.78 is 1.06. The maximum Gasteiger partial charge on any atom is 0.0294 e. The van der Waals surface area contributed by atoms with E-state index in [1.54, 1.807) is 0 Å². The Morgan fingerprint density at radius 1 is 1.73 bits per heavy atom. The number of rotatable bonds is 3. The van der Waals surface area contributed by atoms with Crippen LogP contribution < -0.4 is 5.73 Å². The normalized spacial score (nSPS) is 25.8. The Hall–Kier alpha value is 0.140. The van der Waals surface area contributed by atoms with E-state index in [4.69, 9.17) is 5.73 Å². The van der Waals surface area contributed by atoms with Gasteiger partial charge in [-0.15, -0.1) is 0 Å². The molecule has 0 spiro atoms. The highest BCUT2D eigenvalue weighted by Crippen LogP contribution is 2.16. The Balaban J connectivity index is 2.24. The van der Waals surface area contributed by atoms with Crippen LogP contribution in [0.5, 0.6) is 0 Å². The molecule has 1 aliphatic heterocycles. The summed E-state index contributed by atoms with van der Waals surface area (Å²) in [6.07, 6.45) is 1.25. The molecule has 0 aliphatic carbocycles. The van der Waals surface area contributed by atoms with E-state index in [-0.39, 0.29) is 0 Å². The van der Waals surface area contributed by atoms with Crippen molar-refractivity contribution in [2.45, 2.75) is 6.42 Å². The van der Waals surface area contributed by atoms with Crippen molar-refractivity contribution < 1.29 is 0 Å². The van der Waals surface area contributed by atoms with Crippen molar-refractivity contribution in [3.8, 4) is 0 Å². The summed E-state index contributed by atoms with van der Waals surface area (Å²) in [5, 5.41) is 0. The van der Waals surface area contributed by atoms with Gasteiger partial charge in [0.2, 0.25) is 0 Å². The van der Waals surface area contributed by atoms with Gasteiger partial charge in [0.05, 0.1) is 0 Å². The molecular formula is C8H15BrN2. The Kier molecular flexibility index (Phi) is 3.55. The van der Waals surface area contributed by atoms with E-state index in [9.17, 15) is 0 Å². The molecule has 64 valence electrons. The second kappa shape index (κ2) is 4.24. The van der Waals surface area contributed by atoms with Crippen LogP contribution in [0.4, 0.5) is 0 Å². The molecule has 0 radical (unpaired) electrons. The van der Waals surface area contributed by atoms with Crippen molar-refractivity contribution >= 4 is 15.9 Å². The SMILES string of the molecule is C=C(Br)CN1CCC(CN)C1. The van der Waals surface area contributed by atoms with Gasteiger partial charge in [-0.25, -0.2) is 0 Å². The topological polar surface area (TPSA) is 29.3 Å². The van der Waals surface area contributed by atoms with Gasteiger partial charge in [-0.05, 0) is 25.4 Å². The number of nitrogens with zero attached hydrogens (tertiary/aromatic N) is 1. The predicted octanol–water partition coefficient (Wildman–Crippen LogP) is 1.18. The molecule has 1 atom stereocenters. The molecule has 2 N–H and O–H groups in total. The molecule has 0 aromatic carbocycles. The molecule has 11 heavy (non-hydrogen) atoms. The first-order valence-electron chi connectivity index (χ1n) is 3.98. The third-order valence-corrected chi connectivity index (χ3v) is 2.35. The van der Waals surface area contributed by atoms with Gasteiger partial charge in [-0.3, -0.25) is 4.90 Å². The molecule has 1 saturated heterocycles. The predicted molar refractivity (Wildman–Crippen MR) is 51.7 cm³/mol. The maximum atomic E-state index is 5.57. The van der Waals surface area contributed by atoms with Crippen LogP contribution in [0.2, 0.25) is 0 Å². The summed E-state index contributed by atoms with van der Waals surface area (Å²) in [6.45, 7) is 7.92. The first-order chi connectivity index (χ1) is 5.22. The minimum absolute atomic E-state index is 0.710. The van der Waals surface area contributed by atoms with Gasteiger partial charge in [0.1, 0.15) is 0 Å². The van der Waals surface area contributed by atoms with Crippen LogP contribution in [0.3, 0.4) is 0 Å². The molecule has 1 rings (SSSR count). The number of halogens is 1. The molecule has 0 aromatic heterocycles. The monoisotopic (exact) mass is 218 g/mol. The molecule has 0 saturated carbocycles. The van der Waals surface area contributed by atoms with Crippen molar-refractivity contribution in [3.63, 3.8) is 0 Å². The maximum absolute atomic E-state index is 5.57. The first kappa shape index (κ1) is 9.23. The fourth-order valence-corrected chi connectivity index (χ4v) is 1.85. The van der Waals surface area contributed by atoms with Crippen LogP contribution >= 0.6 is 15.9 Å². The second-order valence-corrected chi connectivity index (χ2v) is 4.26. The zero-order valence-electron chi connectivity index (χ0n) is 6.72. The number of hydrogen-bond acceptors (Lipinski definition) is 2. The molecule has 1 aliphatic rings. The second-order valence-electron chi connectivity index (χ2n) is 3.14. The minimum Gasteiger partial charge on any atom is -0.330 e. The zero-order valence-corrected chi connectivity index (χ0v) is 8.31. The van der Waals surface area contributed by atoms with Crippen LogP contribution in [-0.2, 0) is 0 Å². The molecule has 0 bridgehead atoms. The highest BCUT2D eigenvalue weighted by molar-refractivity contribution is 9.11. The summed E-state index contributed by atoms with van der Waals surface area (Å²) in [5.41, 5.74) is 5.57. The lowest BCUT2D eigenvalue weighted by Crippen LogP contribution is -2.24. The largest absolute Gasteiger partial charge is 0.330 e. The first-order valence-corrected chi connectivity index (χ1v) is 4.77. The molecule has 2 nitrogen and oxygen atoms in total. The third kappa shape index (κ3) is 2.93. The molecule has 0 amide bonds. The molecule has 1 fully saturated rings. The van der Waals surface area contributed by atoms with Crippen molar-refractivity contribution in [2.75, 3.05) is 26.2 Å². The summed E-state index contributed by atoms with van der Waals surface area (Å²) in [6, 6.07) is 0. The van der Waals surface area contributed by atoms with Gasteiger partial charge in [-0.2, -0.15) is 0 Å². The summed E-state index contributed by atoms with van der Waals surface area (Å²) in [7, 11) is 0. The van der Waals surface area contributed by atoms with Gasteiger partial charge < -0.3 is 5.73 Å². The third-order valence-electron chi connectivity index (χ3n) is 2.10. The van der Waals surface area contributed by atoms with Gasteiger partial charge in [0.15, 0.2) is 0 Å².